The zero-order valence-corrected chi connectivity index (χ0v) is 11.4. The van der Waals surface area contributed by atoms with Crippen molar-refractivity contribution in [1.82, 2.24) is 10.3 Å². The first-order chi connectivity index (χ1) is 9.75. The minimum absolute atomic E-state index is 0.262. The number of hydrogen-bond donors (Lipinski definition) is 3. The third-order valence-electron chi connectivity index (χ3n) is 3.24. The highest BCUT2D eigenvalue weighted by Gasteiger charge is 2.14. The molecule has 0 fully saturated rings. The van der Waals surface area contributed by atoms with Crippen LogP contribution < -0.4 is 11.1 Å². The van der Waals surface area contributed by atoms with E-state index in [4.69, 9.17) is 5.73 Å². The minimum Gasteiger partial charge on any atom is -0.390 e. The topological polar surface area (TPSA) is 71.2 Å². The monoisotopic (exact) mass is 271 g/mol. The highest BCUT2D eigenvalue weighted by atomic mass is 16.3. The summed E-state index contributed by atoms with van der Waals surface area (Å²) < 4.78 is 0. The standard InChI is InChI=1S/C16H21N3O/c17-15(10-13-4-2-1-3-5-13)16(20)12-19-11-14-6-8-18-9-7-14/h1-9,15-16,19-20H,10-12,17H2/t15?,16-/m0/s1. The van der Waals surface area contributed by atoms with Gasteiger partial charge in [-0.25, -0.2) is 0 Å². The molecular formula is C16H21N3O. The molecule has 0 aliphatic heterocycles. The quantitative estimate of drug-likeness (QED) is 0.705. The predicted octanol–water partition coefficient (Wildman–Crippen LogP) is 1.10. The molecule has 4 N–H and O–H groups in total. The van der Waals surface area contributed by atoms with Crippen molar-refractivity contribution in [3.05, 3.63) is 66.0 Å². The molecule has 0 aliphatic rings. The van der Waals surface area contributed by atoms with Gasteiger partial charge in [-0.15, -0.1) is 0 Å². The largest absolute Gasteiger partial charge is 0.390 e. The van der Waals surface area contributed by atoms with Crippen LogP contribution in [-0.2, 0) is 13.0 Å². The molecule has 20 heavy (non-hydrogen) atoms. The molecule has 106 valence electrons. The van der Waals surface area contributed by atoms with Crippen molar-refractivity contribution in [2.75, 3.05) is 6.54 Å². The molecule has 0 aliphatic carbocycles. The summed E-state index contributed by atoms with van der Waals surface area (Å²) in [5.74, 6) is 0. The fourth-order valence-corrected chi connectivity index (χ4v) is 2.04. The van der Waals surface area contributed by atoms with Crippen molar-refractivity contribution in [2.24, 2.45) is 5.73 Å². The molecule has 0 bridgehead atoms. The highest BCUT2D eigenvalue weighted by Crippen LogP contribution is 2.04. The molecule has 1 aromatic heterocycles. The average molecular weight is 271 g/mol. The van der Waals surface area contributed by atoms with Crippen LogP contribution in [0.4, 0.5) is 0 Å². The van der Waals surface area contributed by atoms with Crippen molar-refractivity contribution in [3.63, 3.8) is 0 Å². The van der Waals surface area contributed by atoms with Crippen molar-refractivity contribution < 1.29 is 5.11 Å². The van der Waals surface area contributed by atoms with Crippen LogP contribution in [-0.4, -0.2) is 28.8 Å². The summed E-state index contributed by atoms with van der Waals surface area (Å²) in [6, 6.07) is 13.6. The fourth-order valence-electron chi connectivity index (χ4n) is 2.04. The van der Waals surface area contributed by atoms with Crippen LogP contribution in [0.1, 0.15) is 11.1 Å². The Morgan fingerprint density at radius 1 is 1.05 bits per heavy atom. The van der Waals surface area contributed by atoms with Crippen LogP contribution in [0, 0.1) is 0 Å². The Hall–Kier alpha value is -1.75. The van der Waals surface area contributed by atoms with Gasteiger partial charge in [-0.05, 0) is 29.7 Å². The van der Waals surface area contributed by atoms with Gasteiger partial charge in [0.1, 0.15) is 0 Å². The lowest BCUT2D eigenvalue weighted by Gasteiger charge is -2.19. The zero-order chi connectivity index (χ0) is 14.2. The van der Waals surface area contributed by atoms with Crippen LogP contribution in [0.15, 0.2) is 54.9 Å². The third kappa shape index (κ3) is 4.74. The smallest absolute Gasteiger partial charge is 0.0818 e. The maximum Gasteiger partial charge on any atom is 0.0818 e. The first kappa shape index (κ1) is 14.7. The minimum atomic E-state index is -0.558. The molecule has 4 heteroatoms. The van der Waals surface area contributed by atoms with Gasteiger partial charge in [-0.2, -0.15) is 0 Å². The summed E-state index contributed by atoms with van der Waals surface area (Å²) in [5, 5.41) is 13.3. The number of aliphatic hydroxyl groups excluding tert-OH is 1. The maximum atomic E-state index is 10.1. The second-order valence-corrected chi connectivity index (χ2v) is 4.91. The lowest BCUT2D eigenvalue weighted by molar-refractivity contribution is 0.141. The Morgan fingerprint density at radius 3 is 2.45 bits per heavy atom. The first-order valence-electron chi connectivity index (χ1n) is 6.83. The summed E-state index contributed by atoms with van der Waals surface area (Å²) >= 11 is 0. The Kier molecular flexibility index (Phi) is 5.68. The van der Waals surface area contributed by atoms with Gasteiger partial charge in [0.25, 0.3) is 0 Å². The van der Waals surface area contributed by atoms with E-state index in [0.29, 0.717) is 19.5 Å². The van der Waals surface area contributed by atoms with Crippen molar-refractivity contribution >= 4 is 0 Å². The molecule has 1 heterocycles. The third-order valence-corrected chi connectivity index (χ3v) is 3.24. The van der Waals surface area contributed by atoms with E-state index in [1.54, 1.807) is 12.4 Å². The summed E-state index contributed by atoms with van der Waals surface area (Å²) in [4.78, 5) is 3.97. The van der Waals surface area contributed by atoms with Gasteiger partial charge in [0.15, 0.2) is 0 Å². The highest BCUT2D eigenvalue weighted by molar-refractivity contribution is 5.16. The number of benzene rings is 1. The molecule has 2 rings (SSSR count). The summed E-state index contributed by atoms with van der Waals surface area (Å²) in [5.41, 5.74) is 8.32. The van der Waals surface area contributed by atoms with Gasteiger partial charge in [-0.1, -0.05) is 30.3 Å². The van der Waals surface area contributed by atoms with E-state index in [2.05, 4.69) is 10.3 Å². The van der Waals surface area contributed by atoms with Gasteiger partial charge in [0.05, 0.1) is 6.10 Å². The van der Waals surface area contributed by atoms with Gasteiger partial charge in [0.2, 0.25) is 0 Å². The van der Waals surface area contributed by atoms with E-state index in [1.807, 2.05) is 42.5 Å². The van der Waals surface area contributed by atoms with Gasteiger partial charge >= 0.3 is 0 Å². The Morgan fingerprint density at radius 2 is 1.75 bits per heavy atom. The van der Waals surface area contributed by atoms with Crippen LogP contribution in [0.2, 0.25) is 0 Å². The van der Waals surface area contributed by atoms with Crippen molar-refractivity contribution in [3.8, 4) is 0 Å². The number of aromatic nitrogens is 1. The molecule has 1 unspecified atom stereocenters. The maximum absolute atomic E-state index is 10.1. The van der Waals surface area contributed by atoms with Gasteiger partial charge < -0.3 is 16.2 Å². The van der Waals surface area contributed by atoms with Crippen LogP contribution in [0.3, 0.4) is 0 Å². The average Bonchev–Trinajstić information content (AvgIpc) is 2.49. The SMILES string of the molecule is NC(Cc1ccccc1)[C@@H](O)CNCc1ccncc1. The van der Waals surface area contributed by atoms with E-state index in [-0.39, 0.29) is 6.04 Å². The molecule has 1 aromatic carbocycles. The molecule has 2 atom stereocenters. The second-order valence-electron chi connectivity index (χ2n) is 4.91. The second kappa shape index (κ2) is 7.75. The lowest BCUT2D eigenvalue weighted by atomic mass is 10.0. The summed E-state index contributed by atoms with van der Waals surface area (Å²) in [7, 11) is 0. The van der Waals surface area contributed by atoms with Crippen LogP contribution in [0.5, 0.6) is 0 Å². The zero-order valence-electron chi connectivity index (χ0n) is 11.4. The van der Waals surface area contributed by atoms with E-state index in [0.717, 1.165) is 11.1 Å². The molecule has 0 saturated heterocycles. The van der Waals surface area contributed by atoms with Gasteiger partial charge in [0, 0.05) is 31.5 Å². The van der Waals surface area contributed by atoms with Crippen LogP contribution >= 0.6 is 0 Å². The number of pyridine rings is 1. The number of rotatable bonds is 7. The number of nitrogens with zero attached hydrogens (tertiary/aromatic N) is 1. The van der Waals surface area contributed by atoms with Crippen molar-refractivity contribution in [2.45, 2.75) is 25.1 Å². The van der Waals surface area contributed by atoms with E-state index >= 15 is 0 Å². The predicted molar refractivity (Wildman–Crippen MR) is 80.1 cm³/mol. The number of hydrogen-bond acceptors (Lipinski definition) is 4. The van der Waals surface area contributed by atoms with Crippen molar-refractivity contribution in [1.29, 1.82) is 0 Å². The molecular weight excluding hydrogens is 250 g/mol. The molecule has 2 aromatic rings. The molecule has 4 nitrogen and oxygen atoms in total. The van der Waals surface area contributed by atoms with E-state index < -0.39 is 6.10 Å². The molecule has 0 amide bonds. The Balaban J connectivity index is 1.73. The number of nitrogens with one attached hydrogen (secondary N) is 1. The van der Waals surface area contributed by atoms with E-state index in [1.165, 1.54) is 0 Å². The van der Waals surface area contributed by atoms with E-state index in [9.17, 15) is 5.11 Å². The fraction of sp³-hybridized carbons (Fsp3) is 0.312. The Bertz CT molecular complexity index is 490. The number of nitrogens with two attached hydrogens (primary N) is 1. The normalized spacial score (nSPS) is 13.9. The molecule has 0 spiro atoms. The number of aliphatic hydroxyl groups is 1. The summed E-state index contributed by atoms with van der Waals surface area (Å²) in [6.07, 6.45) is 3.64. The summed E-state index contributed by atoms with van der Waals surface area (Å²) in [6.45, 7) is 1.19. The van der Waals surface area contributed by atoms with Crippen LogP contribution in [0.25, 0.3) is 0 Å². The molecule has 0 radical (unpaired) electrons. The first-order valence-corrected chi connectivity index (χ1v) is 6.83. The molecule has 0 saturated carbocycles. The Labute approximate surface area is 119 Å². The van der Waals surface area contributed by atoms with Gasteiger partial charge in [-0.3, -0.25) is 4.98 Å². The lowest BCUT2D eigenvalue weighted by Crippen LogP contribution is -2.42.